The lowest BCUT2D eigenvalue weighted by Crippen LogP contribution is -2.23. The molecule has 25 heavy (non-hydrogen) atoms. The summed E-state index contributed by atoms with van der Waals surface area (Å²) >= 11 is 0. The Kier molecular flexibility index (Phi) is 7.91. The third kappa shape index (κ3) is 5.55. The van der Waals surface area contributed by atoms with Gasteiger partial charge in [0, 0.05) is 19.6 Å². The van der Waals surface area contributed by atoms with E-state index < -0.39 is 0 Å². The molecule has 0 spiro atoms. The number of carbonyl (C=O) groups excluding carboxylic acids is 1. The highest BCUT2D eigenvalue weighted by molar-refractivity contribution is 5.73. The third-order valence-electron chi connectivity index (χ3n) is 5.53. The summed E-state index contributed by atoms with van der Waals surface area (Å²) in [4.78, 5) is 12.5. The topological polar surface area (TPSA) is 66.8 Å². The Hall–Kier alpha value is -1.39. The highest BCUT2D eigenvalue weighted by Gasteiger charge is 2.25. The Balaban J connectivity index is 2.04. The van der Waals surface area contributed by atoms with E-state index in [2.05, 4.69) is 19.9 Å². The molecule has 0 heterocycles. The summed E-state index contributed by atoms with van der Waals surface area (Å²) in [5.74, 6) is 1.43. The standard InChI is InChI=1S/C21H32O4/c1-3-16(9-11-22)17(10-12-23)14-21(24)25-20-6-4-5-18-13-15(2)7-8-19(18)20/h4-6,15-17,22-23H,3,7-14H2,1-2H3. The molecule has 0 fully saturated rings. The molecule has 0 aliphatic heterocycles. The lowest BCUT2D eigenvalue weighted by atomic mass is 9.83. The molecule has 1 aliphatic rings. The van der Waals surface area contributed by atoms with Crippen molar-refractivity contribution in [1.29, 1.82) is 0 Å². The molecular weight excluding hydrogens is 316 g/mol. The second-order valence-electron chi connectivity index (χ2n) is 7.37. The van der Waals surface area contributed by atoms with Gasteiger partial charge in [0.15, 0.2) is 0 Å². The Morgan fingerprint density at radius 3 is 2.64 bits per heavy atom. The van der Waals surface area contributed by atoms with Gasteiger partial charge < -0.3 is 14.9 Å². The average Bonchev–Trinajstić information content (AvgIpc) is 2.59. The maximum Gasteiger partial charge on any atom is 0.311 e. The first-order valence-corrected chi connectivity index (χ1v) is 9.62. The van der Waals surface area contributed by atoms with Gasteiger partial charge in [0.2, 0.25) is 0 Å². The number of benzene rings is 1. The third-order valence-corrected chi connectivity index (χ3v) is 5.53. The van der Waals surface area contributed by atoms with Crippen molar-refractivity contribution in [2.24, 2.45) is 17.8 Å². The Morgan fingerprint density at radius 2 is 1.96 bits per heavy atom. The molecule has 4 heteroatoms. The van der Waals surface area contributed by atoms with E-state index in [4.69, 9.17) is 4.74 Å². The largest absolute Gasteiger partial charge is 0.426 e. The van der Waals surface area contributed by atoms with Crippen molar-refractivity contribution in [3.05, 3.63) is 29.3 Å². The summed E-state index contributed by atoms with van der Waals surface area (Å²) in [7, 11) is 0. The molecule has 0 saturated carbocycles. The van der Waals surface area contributed by atoms with Crippen LogP contribution in [0.4, 0.5) is 0 Å². The molecule has 3 unspecified atom stereocenters. The number of hydrogen-bond donors (Lipinski definition) is 2. The van der Waals surface area contributed by atoms with Crippen molar-refractivity contribution >= 4 is 5.97 Å². The molecule has 3 atom stereocenters. The Morgan fingerprint density at radius 1 is 1.24 bits per heavy atom. The molecule has 0 amide bonds. The quantitative estimate of drug-likeness (QED) is 0.529. The molecule has 0 saturated heterocycles. The first-order valence-electron chi connectivity index (χ1n) is 9.62. The van der Waals surface area contributed by atoms with Crippen LogP contribution in [0.5, 0.6) is 5.75 Å². The Labute approximate surface area is 151 Å². The molecule has 2 N–H and O–H groups in total. The van der Waals surface area contributed by atoms with E-state index in [9.17, 15) is 15.0 Å². The highest BCUT2D eigenvalue weighted by Crippen LogP contribution is 2.33. The van der Waals surface area contributed by atoms with Crippen molar-refractivity contribution in [2.45, 2.75) is 58.8 Å². The average molecular weight is 348 g/mol. The van der Waals surface area contributed by atoms with E-state index in [1.807, 2.05) is 12.1 Å². The summed E-state index contributed by atoms with van der Waals surface area (Å²) in [6, 6.07) is 5.98. The fourth-order valence-corrected chi connectivity index (χ4v) is 4.04. The number of ether oxygens (including phenoxy) is 1. The van der Waals surface area contributed by atoms with Gasteiger partial charge in [-0.05, 0) is 67.1 Å². The van der Waals surface area contributed by atoms with Gasteiger partial charge in [-0.15, -0.1) is 0 Å². The first kappa shape index (κ1) is 19.9. The fourth-order valence-electron chi connectivity index (χ4n) is 4.04. The molecule has 0 bridgehead atoms. The van der Waals surface area contributed by atoms with Crippen LogP contribution in [0.2, 0.25) is 0 Å². The van der Waals surface area contributed by atoms with Gasteiger partial charge in [-0.1, -0.05) is 32.4 Å². The van der Waals surface area contributed by atoms with Crippen LogP contribution in [0.15, 0.2) is 18.2 Å². The number of carbonyl (C=O) groups is 1. The molecule has 4 nitrogen and oxygen atoms in total. The van der Waals surface area contributed by atoms with Crippen molar-refractivity contribution < 1.29 is 19.7 Å². The molecule has 1 aromatic rings. The van der Waals surface area contributed by atoms with Gasteiger partial charge in [-0.3, -0.25) is 4.79 Å². The second kappa shape index (κ2) is 9.93. The number of hydrogen-bond acceptors (Lipinski definition) is 4. The maximum atomic E-state index is 12.5. The van der Waals surface area contributed by atoms with Crippen LogP contribution in [0.25, 0.3) is 0 Å². The van der Waals surface area contributed by atoms with Gasteiger partial charge in [-0.2, -0.15) is 0 Å². The number of esters is 1. The van der Waals surface area contributed by atoms with Crippen LogP contribution in [0.3, 0.4) is 0 Å². The van der Waals surface area contributed by atoms with Crippen LogP contribution in [0.1, 0.15) is 57.1 Å². The number of aliphatic hydroxyl groups is 2. The van der Waals surface area contributed by atoms with Crippen LogP contribution in [0, 0.1) is 17.8 Å². The zero-order chi connectivity index (χ0) is 18.2. The molecule has 1 aliphatic carbocycles. The van der Waals surface area contributed by atoms with Crippen LogP contribution in [-0.4, -0.2) is 29.4 Å². The van der Waals surface area contributed by atoms with Gasteiger partial charge in [0.1, 0.15) is 5.75 Å². The predicted molar refractivity (Wildman–Crippen MR) is 98.6 cm³/mol. The number of aliphatic hydroxyl groups excluding tert-OH is 2. The molecular formula is C21H32O4. The summed E-state index contributed by atoms with van der Waals surface area (Å²) in [6.07, 6.45) is 5.54. The molecule has 0 aromatic heterocycles. The minimum Gasteiger partial charge on any atom is -0.426 e. The van der Waals surface area contributed by atoms with Crippen molar-refractivity contribution in [1.82, 2.24) is 0 Å². The second-order valence-corrected chi connectivity index (χ2v) is 7.37. The van der Waals surface area contributed by atoms with E-state index in [1.54, 1.807) is 0 Å². The van der Waals surface area contributed by atoms with Gasteiger partial charge in [0.25, 0.3) is 0 Å². The van der Waals surface area contributed by atoms with Crippen LogP contribution in [-0.2, 0) is 17.6 Å². The van der Waals surface area contributed by atoms with E-state index in [0.29, 0.717) is 30.9 Å². The van der Waals surface area contributed by atoms with Crippen molar-refractivity contribution in [3.8, 4) is 5.75 Å². The molecule has 2 rings (SSSR count). The van der Waals surface area contributed by atoms with Crippen LogP contribution < -0.4 is 4.74 Å². The minimum absolute atomic E-state index is 0.0502. The first-order chi connectivity index (χ1) is 12.1. The lowest BCUT2D eigenvalue weighted by Gasteiger charge is -2.26. The molecule has 1 aromatic carbocycles. The molecule has 0 radical (unpaired) electrons. The van der Waals surface area contributed by atoms with Gasteiger partial charge in [-0.25, -0.2) is 0 Å². The molecule has 140 valence electrons. The van der Waals surface area contributed by atoms with Crippen molar-refractivity contribution in [3.63, 3.8) is 0 Å². The summed E-state index contributed by atoms with van der Waals surface area (Å²) < 4.78 is 5.71. The summed E-state index contributed by atoms with van der Waals surface area (Å²) in [5, 5.41) is 18.5. The monoisotopic (exact) mass is 348 g/mol. The fraction of sp³-hybridized carbons (Fsp3) is 0.667. The minimum atomic E-state index is -0.234. The van der Waals surface area contributed by atoms with E-state index in [-0.39, 0.29) is 31.0 Å². The predicted octanol–water partition coefficient (Wildman–Crippen LogP) is 3.51. The number of rotatable bonds is 9. The SMILES string of the molecule is CCC(CCO)C(CCO)CC(=O)Oc1cccc2c1CCC(C)C2. The van der Waals surface area contributed by atoms with Crippen molar-refractivity contribution in [2.75, 3.05) is 13.2 Å². The van der Waals surface area contributed by atoms with Gasteiger partial charge >= 0.3 is 5.97 Å². The summed E-state index contributed by atoms with van der Waals surface area (Å²) in [5.41, 5.74) is 2.47. The lowest BCUT2D eigenvalue weighted by molar-refractivity contribution is -0.136. The zero-order valence-corrected chi connectivity index (χ0v) is 15.5. The zero-order valence-electron chi connectivity index (χ0n) is 15.5. The highest BCUT2D eigenvalue weighted by atomic mass is 16.5. The van der Waals surface area contributed by atoms with E-state index in [0.717, 1.165) is 25.7 Å². The summed E-state index contributed by atoms with van der Waals surface area (Å²) in [6.45, 7) is 4.48. The normalized spacial score (nSPS) is 19.1. The van der Waals surface area contributed by atoms with Crippen LogP contribution >= 0.6 is 0 Å². The van der Waals surface area contributed by atoms with E-state index >= 15 is 0 Å². The van der Waals surface area contributed by atoms with Gasteiger partial charge in [0.05, 0.1) is 0 Å². The smallest absolute Gasteiger partial charge is 0.311 e. The number of fused-ring (bicyclic) bond motifs is 1. The Bertz CT molecular complexity index is 555. The maximum absolute atomic E-state index is 12.5. The van der Waals surface area contributed by atoms with E-state index in [1.165, 1.54) is 11.1 Å².